The van der Waals surface area contributed by atoms with Gasteiger partial charge in [-0.15, -0.1) is 0 Å². The van der Waals surface area contributed by atoms with Crippen LogP contribution in [-0.4, -0.2) is 45.4 Å². The highest BCUT2D eigenvalue weighted by atomic mass is 32.3. The minimum atomic E-state index is -3.86. The molecule has 0 atom stereocenters. The van der Waals surface area contributed by atoms with E-state index in [1.54, 1.807) is 0 Å². The molecule has 0 aromatic heterocycles. The maximum Gasteiger partial charge on any atom is 0.226 e. The van der Waals surface area contributed by atoms with Crippen LogP contribution in [0.25, 0.3) is 0 Å². The van der Waals surface area contributed by atoms with Gasteiger partial charge in [0.25, 0.3) is 0 Å². The lowest BCUT2D eigenvalue weighted by molar-refractivity contribution is 0.0532. The topological polar surface area (TPSA) is 101 Å². The third-order valence-electron chi connectivity index (χ3n) is 2.52. The average Bonchev–Trinajstić information content (AvgIpc) is 2.46. The van der Waals surface area contributed by atoms with Crippen LogP contribution < -0.4 is 4.72 Å². The first kappa shape index (κ1) is 13.9. The van der Waals surface area contributed by atoms with E-state index in [0.29, 0.717) is 12.8 Å². The van der Waals surface area contributed by atoms with E-state index in [1.807, 2.05) is 0 Å². The maximum atomic E-state index is 11.3. The van der Waals surface area contributed by atoms with Gasteiger partial charge in [-0.2, -0.15) is 0 Å². The fourth-order valence-electron chi connectivity index (χ4n) is 1.78. The van der Waals surface area contributed by atoms with Crippen molar-refractivity contribution < 1.29 is 21.9 Å². The predicted octanol–water partition coefficient (Wildman–Crippen LogP) is -0.787. The van der Waals surface area contributed by atoms with Crippen molar-refractivity contribution in [3.8, 4) is 0 Å². The fourth-order valence-corrected chi connectivity index (χ4v) is 4.85. The largest absolute Gasteiger partial charge is 0.389 e. The Balaban J connectivity index is 2.54. The summed E-state index contributed by atoms with van der Waals surface area (Å²) in [5.74, 6) is 0. The molecule has 1 rings (SSSR count). The average molecular weight is 271 g/mol. The van der Waals surface area contributed by atoms with Crippen LogP contribution in [0.1, 0.15) is 25.7 Å². The highest BCUT2D eigenvalue weighted by molar-refractivity contribution is 8.06. The van der Waals surface area contributed by atoms with E-state index in [0.717, 1.165) is 19.1 Å². The molecule has 0 saturated heterocycles. The van der Waals surface area contributed by atoms with Crippen LogP contribution in [0.5, 0.6) is 0 Å². The van der Waals surface area contributed by atoms with Crippen molar-refractivity contribution in [2.45, 2.75) is 31.3 Å². The lowest BCUT2D eigenvalue weighted by Gasteiger charge is -2.22. The summed E-state index contributed by atoms with van der Waals surface area (Å²) in [4.78, 5) is 0. The van der Waals surface area contributed by atoms with Crippen molar-refractivity contribution in [3.63, 3.8) is 0 Å². The summed E-state index contributed by atoms with van der Waals surface area (Å²) in [6.45, 7) is -0.106. The molecule has 96 valence electrons. The lowest BCUT2D eigenvalue weighted by atomic mass is 10.0. The van der Waals surface area contributed by atoms with Gasteiger partial charge in [-0.3, -0.25) is 0 Å². The van der Waals surface area contributed by atoms with Crippen molar-refractivity contribution in [1.82, 2.24) is 4.72 Å². The smallest absolute Gasteiger partial charge is 0.226 e. The molecule has 1 aliphatic rings. The molecule has 0 unspecified atom stereocenters. The molecule has 1 aliphatic carbocycles. The highest BCUT2D eigenvalue weighted by Crippen LogP contribution is 2.28. The predicted molar refractivity (Wildman–Crippen MR) is 60.1 cm³/mol. The van der Waals surface area contributed by atoms with E-state index in [2.05, 4.69) is 4.72 Å². The van der Waals surface area contributed by atoms with Crippen molar-refractivity contribution >= 4 is 19.9 Å². The monoisotopic (exact) mass is 271 g/mol. The molecule has 0 aromatic carbocycles. The zero-order valence-electron chi connectivity index (χ0n) is 9.14. The molecule has 0 amide bonds. The molecule has 1 saturated carbocycles. The van der Waals surface area contributed by atoms with Gasteiger partial charge in [0.15, 0.2) is 14.9 Å². The molecule has 8 heteroatoms. The third-order valence-corrected chi connectivity index (χ3v) is 6.06. The third kappa shape index (κ3) is 4.77. The van der Waals surface area contributed by atoms with Crippen LogP contribution in [0.15, 0.2) is 0 Å². The summed E-state index contributed by atoms with van der Waals surface area (Å²) >= 11 is 0. The second-order valence-electron chi connectivity index (χ2n) is 4.41. The van der Waals surface area contributed by atoms with E-state index in [4.69, 9.17) is 0 Å². The van der Waals surface area contributed by atoms with Crippen molar-refractivity contribution in [3.05, 3.63) is 0 Å². The zero-order chi connectivity index (χ0) is 12.4. The number of aliphatic hydroxyl groups is 1. The molecular formula is C8H17NO5S2. The normalized spacial score (nSPS) is 21.1. The van der Waals surface area contributed by atoms with Gasteiger partial charge >= 0.3 is 0 Å². The number of hydrogen-bond donors (Lipinski definition) is 2. The molecule has 1 fully saturated rings. The summed E-state index contributed by atoms with van der Waals surface area (Å²) in [6, 6.07) is 0. The molecule has 0 heterocycles. The van der Waals surface area contributed by atoms with Crippen LogP contribution >= 0.6 is 0 Å². The Labute approximate surface area is 96.0 Å². The lowest BCUT2D eigenvalue weighted by Crippen LogP contribution is -2.42. The highest BCUT2D eigenvalue weighted by Gasteiger charge is 2.32. The Morgan fingerprint density at radius 3 is 2.12 bits per heavy atom. The van der Waals surface area contributed by atoms with E-state index >= 15 is 0 Å². The van der Waals surface area contributed by atoms with Crippen LogP contribution in [0, 0.1) is 0 Å². The Bertz CT molecular complexity index is 433. The molecule has 2 N–H and O–H groups in total. The number of hydrogen-bond acceptors (Lipinski definition) is 5. The first-order valence-electron chi connectivity index (χ1n) is 4.99. The van der Waals surface area contributed by atoms with E-state index in [9.17, 15) is 21.9 Å². The van der Waals surface area contributed by atoms with Gasteiger partial charge < -0.3 is 5.11 Å². The summed E-state index contributed by atoms with van der Waals surface area (Å²) < 4.78 is 46.5. The summed E-state index contributed by atoms with van der Waals surface area (Å²) in [7, 11) is -7.44. The Morgan fingerprint density at radius 2 is 1.69 bits per heavy atom. The quantitative estimate of drug-likeness (QED) is 0.682. The Morgan fingerprint density at radius 1 is 1.19 bits per heavy atom. The van der Waals surface area contributed by atoms with E-state index in [-0.39, 0.29) is 6.54 Å². The van der Waals surface area contributed by atoms with Gasteiger partial charge in [0.2, 0.25) is 10.0 Å². The summed E-state index contributed by atoms with van der Waals surface area (Å²) in [6.07, 6.45) is 3.69. The second-order valence-corrected chi connectivity index (χ2v) is 8.72. The van der Waals surface area contributed by atoms with Gasteiger partial charge in [-0.1, -0.05) is 12.8 Å². The second kappa shape index (κ2) is 4.59. The van der Waals surface area contributed by atoms with Crippen molar-refractivity contribution in [2.75, 3.05) is 17.9 Å². The van der Waals surface area contributed by atoms with Gasteiger partial charge in [0.05, 0.1) is 5.60 Å². The van der Waals surface area contributed by atoms with E-state index < -0.39 is 30.5 Å². The van der Waals surface area contributed by atoms with Gasteiger partial charge in [-0.25, -0.2) is 21.6 Å². The molecule has 16 heavy (non-hydrogen) atoms. The Kier molecular flexibility index (Phi) is 3.99. The first-order valence-corrected chi connectivity index (χ1v) is 8.71. The van der Waals surface area contributed by atoms with Gasteiger partial charge in [-0.05, 0) is 12.8 Å². The number of sulfone groups is 1. The van der Waals surface area contributed by atoms with Gasteiger partial charge in [0, 0.05) is 12.8 Å². The number of nitrogens with one attached hydrogen (secondary N) is 1. The molecule has 0 radical (unpaired) electrons. The molecule has 0 aliphatic heterocycles. The summed E-state index contributed by atoms with van der Waals surface area (Å²) in [5, 5.41) is 8.94. The van der Waals surface area contributed by atoms with Crippen LogP contribution in [0.4, 0.5) is 0 Å². The molecule has 0 spiro atoms. The zero-order valence-corrected chi connectivity index (χ0v) is 10.8. The van der Waals surface area contributed by atoms with E-state index in [1.165, 1.54) is 0 Å². The van der Waals surface area contributed by atoms with Crippen LogP contribution in [0.3, 0.4) is 0 Å². The van der Waals surface area contributed by atoms with Crippen LogP contribution in [-0.2, 0) is 19.9 Å². The summed E-state index contributed by atoms with van der Waals surface area (Å²) in [5.41, 5.74) is -1.01. The minimum absolute atomic E-state index is 0.106. The minimum Gasteiger partial charge on any atom is -0.389 e. The fraction of sp³-hybridized carbons (Fsp3) is 1.00. The van der Waals surface area contributed by atoms with Crippen LogP contribution in [0.2, 0.25) is 0 Å². The molecule has 0 aromatic rings. The first-order chi connectivity index (χ1) is 7.12. The number of rotatable bonds is 5. The number of sulfonamides is 1. The Hall–Kier alpha value is -0.180. The standard InChI is InChI=1S/C8H17NO5S2/c1-15(11,12)7-16(13,14)9-6-8(10)4-2-3-5-8/h9-10H,2-7H2,1H3. The van der Waals surface area contributed by atoms with Crippen molar-refractivity contribution in [2.24, 2.45) is 0 Å². The van der Waals surface area contributed by atoms with Crippen molar-refractivity contribution in [1.29, 1.82) is 0 Å². The SMILES string of the molecule is CS(=O)(=O)CS(=O)(=O)NCC1(O)CCCC1. The molecular weight excluding hydrogens is 254 g/mol. The molecule has 6 nitrogen and oxygen atoms in total. The maximum absolute atomic E-state index is 11.3. The van der Waals surface area contributed by atoms with Gasteiger partial charge in [0.1, 0.15) is 0 Å². The molecule has 0 bridgehead atoms.